The number of nitrogens with one attached hydrogen (secondary N) is 2. The van der Waals surface area contributed by atoms with E-state index >= 15 is 0 Å². The average Bonchev–Trinajstić information content (AvgIpc) is 2.96. The van der Waals surface area contributed by atoms with Gasteiger partial charge in [-0.2, -0.15) is 4.98 Å². The molecule has 1 fully saturated rings. The third kappa shape index (κ3) is 3.32. The zero-order chi connectivity index (χ0) is 21.0. The van der Waals surface area contributed by atoms with Crippen molar-refractivity contribution >= 4 is 23.4 Å². The SMILES string of the molecule is Cc1nc(NC2CC(CN3Cc4cc(F)ccc4C3=O)C2)nc2c1NC(O)CN2C. The van der Waals surface area contributed by atoms with Crippen LogP contribution in [-0.4, -0.2) is 58.3 Å². The Balaban J connectivity index is 1.18. The molecule has 158 valence electrons. The van der Waals surface area contributed by atoms with Crippen molar-refractivity contribution in [2.24, 2.45) is 5.92 Å². The summed E-state index contributed by atoms with van der Waals surface area (Å²) in [5.41, 5.74) is 2.94. The molecule has 3 heterocycles. The number of carbonyl (C=O) groups excluding carboxylic acids is 1. The number of carbonyl (C=O) groups is 1. The zero-order valence-electron chi connectivity index (χ0n) is 17.0. The van der Waals surface area contributed by atoms with E-state index in [0.717, 1.165) is 35.6 Å². The third-order valence-corrected chi connectivity index (χ3v) is 6.18. The number of hydrogen-bond donors (Lipinski definition) is 3. The molecular weight excluding hydrogens is 387 g/mol. The fourth-order valence-corrected chi connectivity index (χ4v) is 4.62. The van der Waals surface area contributed by atoms with Crippen molar-refractivity contribution in [2.75, 3.05) is 35.7 Å². The molecule has 30 heavy (non-hydrogen) atoms. The Hall–Kier alpha value is -2.94. The molecule has 0 saturated heterocycles. The van der Waals surface area contributed by atoms with Crippen molar-refractivity contribution in [2.45, 2.75) is 38.6 Å². The molecule has 0 radical (unpaired) electrons. The topological polar surface area (TPSA) is 93.6 Å². The first-order valence-electron chi connectivity index (χ1n) is 10.3. The van der Waals surface area contributed by atoms with Crippen LogP contribution in [-0.2, 0) is 6.54 Å². The van der Waals surface area contributed by atoms with Gasteiger partial charge in [0, 0.05) is 31.7 Å². The molecule has 3 N–H and O–H groups in total. The minimum absolute atomic E-state index is 0.00669. The summed E-state index contributed by atoms with van der Waals surface area (Å²) in [6, 6.07) is 4.65. The molecule has 1 saturated carbocycles. The summed E-state index contributed by atoms with van der Waals surface area (Å²) in [6.07, 6.45) is 1.23. The zero-order valence-corrected chi connectivity index (χ0v) is 17.0. The number of rotatable bonds is 4. The van der Waals surface area contributed by atoms with E-state index in [1.165, 1.54) is 12.1 Å². The fourth-order valence-electron chi connectivity index (χ4n) is 4.62. The number of likely N-dealkylation sites (N-methyl/N-ethyl adjacent to an activating group) is 1. The van der Waals surface area contributed by atoms with E-state index in [2.05, 4.69) is 20.6 Å². The van der Waals surface area contributed by atoms with Gasteiger partial charge in [-0.15, -0.1) is 0 Å². The number of β-amino-alcohol motifs (C(OH)–C–C–N with tert-alkyl or cyclic N) is 1. The van der Waals surface area contributed by atoms with E-state index < -0.39 is 6.23 Å². The van der Waals surface area contributed by atoms with Crippen LogP contribution in [0.1, 0.15) is 34.5 Å². The molecule has 1 atom stereocenters. The van der Waals surface area contributed by atoms with Crippen LogP contribution in [0, 0.1) is 18.7 Å². The monoisotopic (exact) mass is 412 g/mol. The van der Waals surface area contributed by atoms with Crippen LogP contribution in [0.25, 0.3) is 0 Å². The smallest absolute Gasteiger partial charge is 0.254 e. The minimum Gasteiger partial charge on any atom is -0.372 e. The Morgan fingerprint density at radius 1 is 1.33 bits per heavy atom. The summed E-state index contributed by atoms with van der Waals surface area (Å²) >= 11 is 0. The largest absolute Gasteiger partial charge is 0.372 e. The molecule has 9 heteroatoms. The maximum atomic E-state index is 13.4. The quantitative estimate of drug-likeness (QED) is 0.707. The summed E-state index contributed by atoms with van der Waals surface area (Å²) in [7, 11) is 1.90. The number of aliphatic hydroxyl groups is 1. The number of aromatic nitrogens is 2. The summed E-state index contributed by atoms with van der Waals surface area (Å²) in [5.74, 6) is 1.46. The van der Waals surface area contributed by atoms with Crippen molar-refractivity contribution in [1.29, 1.82) is 0 Å². The van der Waals surface area contributed by atoms with Crippen LogP contribution in [0.15, 0.2) is 18.2 Å². The molecule has 1 aromatic carbocycles. The lowest BCUT2D eigenvalue weighted by Crippen LogP contribution is -2.43. The van der Waals surface area contributed by atoms with Gasteiger partial charge in [0.05, 0.1) is 12.2 Å². The second kappa shape index (κ2) is 7.09. The van der Waals surface area contributed by atoms with Gasteiger partial charge >= 0.3 is 0 Å². The molecule has 0 spiro atoms. The first-order chi connectivity index (χ1) is 14.4. The number of hydrogen-bond acceptors (Lipinski definition) is 7. The van der Waals surface area contributed by atoms with Gasteiger partial charge in [-0.3, -0.25) is 4.79 Å². The Labute approximate surface area is 174 Å². The standard InChI is InChI=1S/C21H25FN6O2/c1-11-18-19(27(2)10-17(29)25-18)26-21(23-11)24-15-5-12(6-15)8-28-9-13-7-14(22)3-4-16(13)20(28)30/h3-4,7,12,15,17,25,29H,5-6,8-10H2,1-2H3,(H,23,24,26). The molecule has 3 aliphatic rings. The molecule has 1 aromatic heterocycles. The Morgan fingerprint density at radius 3 is 2.93 bits per heavy atom. The van der Waals surface area contributed by atoms with Gasteiger partial charge in [-0.1, -0.05) is 0 Å². The molecule has 8 nitrogen and oxygen atoms in total. The maximum Gasteiger partial charge on any atom is 0.254 e. The Morgan fingerprint density at radius 2 is 2.13 bits per heavy atom. The molecule has 1 aliphatic carbocycles. The minimum atomic E-state index is -0.632. The molecule has 2 aromatic rings. The summed E-state index contributed by atoms with van der Waals surface area (Å²) < 4.78 is 13.4. The van der Waals surface area contributed by atoms with Crippen molar-refractivity contribution in [3.8, 4) is 0 Å². The van der Waals surface area contributed by atoms with Crippen molar-refractivity contribution in [3.05, 3.63) is 40.8 Å². The van der Waals surface area contributed by atoms with Gasteiger partial charge in [-0.25, -0.2) is 9.37 Å². The second-order valence-corrected chi connectivity index (χ2v) is 8.54. The number of amides is 1. The molecule has 5 rings (SSSR count). The predicted molar refractivity (Wildman–Crippen MR) is 111 cm³/mol. The van der Waals surface area contributed by atoms with E-state index in [4.69, 9.17) is 0 Å². The number of halogens is 1. The van der Waals surface area contributed by atoms with E-state index in [-0.39, 0.29) is 17.8 Å². The van der Waals surface area contributed by atoms with Crippen LogP contribution in [0.3, 0.4) is 0 Å². The maximum absolute atomic E-state index is 13.4. The van der Waals surface area contributed by atoms with Crippen LogP contribution in [0.4, 0.5) is 21.8 Å². The molecule has 1 unspecified atom stereocenters. The highest BCUT2D eigenvalue weighted by molar-refractivity contribution is 5.98. The van der Waals surface area contributed by atoms with Crippen LogP contribution >= 0.6 is 0 Å². The molecule has 0 bridgehead atoms. The number of nitrogens with zero attached hydrogens (tertiary/aromatic N) is 4. The molecule has 2 aliphatic heterocycles. The number of aliphatic hydroxyl groups excluding tert-OH is 1. The third-order valence-electron chi connectivity index (χ3n) is 6.18. The van der Waals surface area contributed by atoms with Gasteiger partial charge in [-0.05, 0) is 49.4 Å². The van der Waals surface area contributed by atoms with Crippen LogP contribution in [0.2, 0.25) is 0 Å². The van der Waals surface area contributed by atoms with Gasteiger partial charge in [0.15, 0.2) is 5.82 Å². The van der Waals surface area contributed by atoms with Crippen molar-refractivity contribution in [1.82, 2.24) is 14.9 Å². The summed E-state index contributed by atoms with van der Waals surface area (Å²) in [6.45, 7) is 3.53. The Bertz CT molecular complexity index is 1010. The number of aryl methyl sites for hydroxylation is 1. The lowest BCUT2D eigenvalue weighted by Gasteiger charge is -2.38. The molecular formula is C21H25FN6O2. The highest BCUT2D eigenvalue weighted by Crippen LogP contribution is 2.35. The van der Waals surface area contributed by atoms with Crippen molar-refractivity contribution in [3.63, 3.8) is 0 Å². The summed E-state index contributed by atoms with van der Waals surface area (Å²) in [4.78, 5) is 25.4. The van der Waals surface area contributed by atoms with Crippen LogP contribution in [0.5, 0.6) is 0 Å². The van der Waals surface area contributed by atoms with Crippen LogP contribution < -0.4 is 15.5 Å². The number of fused-ring (bicyclic) bond motifs is 2. The number of benzene rings is 1. The average molecular weight is 412 g/mol. The first kappa shape index (κ1) is 19.0. The fraction of sp³-hybridized carbons (Fsp3) is 0.476. The predicted octanol–water partition coefficient (Wildman–Crippen LogP) is 1.95. The highest BCUT2D eigenvalue weighted by atomic mass is 19.1. The van der Waals surface area contributed by atoms with Gasteiger partial charge in [0.25, 0.3) is 5.91 Å². The van der Waals surface area contributed by atoms with E-state index in [1.807, 2.05) is 23.8 Å². The first-order valence-corrected chi connectivity index (χ1v) is 10.3. The number of anilines is 3. The summed E-state index contributed by atoms with van der Waals surface area (Å²) in [5, 5.41) is 16.3. The Kier molecular flexibility index (Phi) is 4.50. The highest BCUT2D eigenvalue weighted by Gasteiger charge is 2.35. The van der Waals surface area contributed by atoms with E-state index in [1.54, 1.807) is 6.07 Å². The van der Waals surface area contributed by atoms with Gasteiger partial charge in [0.1, 0.15) is 17.7 Å². The van der Waals surface area contributed by atoms with E-state index in [0.29, 0.717) is 37.1 Å². The lowest BCUT2D eigenvalue weighted by atomic mass is 9.80. The van der Waals surface area contributed by atoms with Gasteiger partial charge in [0.2, 0.25) is 5.95 Å². The lowest BCUT2D eigenvalue weighted by molar-refractivity contribution is 0.0712. The second-order valence-electron chi connectivity index (χ2n) is 8.54. The molecule has 1 amide bonds. The van der Waals surface area contributed by atoms with Crippen molar-refractivity contribution < 1.29 is 14.3 Å². The normalized spacial score (nSPS) is 24.8. The van der Waals surface area contributed by atoms with Gasteiger partial charge < -0.3 is 25.5 Å². The van der Waals surface area contributed by atoms with E-state index in [9.17, 15) is 14.3 Å².